The number of hydrogen-bond acceptors (Lipinski definition) is 3. The summed E-state index contributed by atoms with van der Waals surface area (Å²) >= 11 is 5.59. The minimum Gasteiger partial charge on any atom is -0.368 e. The van der Waals surface area contributed by atoms with Gasteiger partial charge in [0.15, 0.2) is 0 Å². The molecule has 1 aromatic carbocycles. The van der Waals surface area contributed by atoms with Crippen LogP contribution in [0.5, 0.6) is 0 Å². The van der Waals surface area contributed by atoms with Crippen LogP contribution in [0.1, 0.15) is 5.56 Å². The predicted octanol–water partition coefficient (Wildman–Crippen LogP) is 1.39. The molecule has 1 rings (SSSR count). The molecule has 0 radical (unpaired) electrons. The van der Waals surface area contributed by atoms with E-state index in [1.807, 2.05) is 0 Å². The van der Waals surface area contributed by atoms with Crippen molar-refractivity contribution in [2.24, 2.45) is 5.73 Å². The fourth-order valence-electron chi connectivity index (χ4n) is 1.24. The molecule has 0 saturated heterocycles. The second kappa shape index (κ2) is 5.20. The largest absolute Gasteiger partial charge is 0.368 e. The number of nitrogens with two attached hydrogens (primary N) is 1. The lowest BCUT2D eigenvalue weighted by atomic mass is 10.1. The highest BCUT2D eigenvalue weighted by Crippen LogP contribution is 2.23. The Hall–Kier alpha value is -0.850. The Morgan fingerprint density at radius 3 is 2.53 bits per heavy atom. The monoisotopic (exact) mass is 299 g/mol. The molecule has 1 unspecified atom stereocenters. The number of amides is 1. The minimum absolute atomic E-state index is 0.0128. The molecule has 0 spiro atoms. The molecule has 0 saturated carbocycles. The quantitative estimate of drug-likeness (QED) is 0.674. The highest BCUT2D eigenvalue weighted by molar-refractivity contribution is 8.13. The summed E-state index contributed by atoms with van der Waals surface area (Å²) in [6.45, 7) is 0. The summed E-state index contributed by atoms with van der Waals surface area (Å²) in [5.74, 6) is -1.48. The van der Waals surface area contributed by atoms with Crippen molar-refractivity contribution >= 4 is 37.2 Å². The van der Waals surface area contributed by atoms with Crippen molar-refractivity contribution in [1.29, 1.82) is 0 Å². The predicted molar refractivity (Wildman–Crippen MR) is 62.0 cm³/mol. The van der Waals surface area contributed by atoms with Gasteiger partial charge in [-0.1, -0.05) is 0 Å². The second-order valence-corrected chi connectivity index (χ2v) is 6.33. The van der Waals surface area contributed by atoms with E-state index in [0.29, 0.717) is 0 Å². The molecule has 2 N–H and O–H groups in total. The van der Waals surface area contributed by atoms with E-state index in [2.05, 4.69) is 0 Å². The Morgan fingerprint density at radius 2 is 2.06 bits per heavy atom. The van der Waals surface area contributed by atoms with Gasteiger partial charge in [-0.15, -0.1) is 11.6 Å². The molecule has 1 amide bonds. The van der Waals surface area contributed by atoms with Gasteiger partial charge in [0.25, 0.3) is 9.05 Å². The first-order chi connectivity index (χ1) is 7.71. The van der Waals surface area contributed by atoms with Crippen LogP contribution in [-0.4, -0.2) is 19.7 Å². The van der Waals surface area contributed by atoms with Crippen molar-refractivity contribution < 1.29 is 17.6 Å². The third-order valence-corrected chi connectivity index (χ3v) is 3.78. The van der Waals surface area contributed by atoms with E-state index in [1.54, 1.807) is 0 Å². The van der Waals surface area contributed by atoms with Gasteiger partial charge in [-0.25, -0.2) is 12.8 Å². The number of halogens is 3. The summed E-state index contributed by atoms with van der Waals surface area (Å²) in [4.78, 5) is 10.5. The van der Waals surface area contributed by atoms with E-state index in [4.69, 9.17) is 28.0 Å². The first kappa shape index (κ1) is 14.2. The van der Waals surface area contributed by atoms with E-state index in [1.165, 1.54) is 0 Å². The zero-order chi connectivity index (χ0) is 13.2. The third kappa shape index (κ3) is 3.83. The zero-order valence-electron chi connectivity index (χ0n) is 8.36. The lowest BCUT2D eigenvalue weighted by Gasteiger charge is -2.09. The Labute approximate surface area is 107 Å². The maximum absolute atomic E-state index is 13.0. The Kier molecular flexibility index (Phi) is 4.35. The van der Waals surface area contributed by atoms with Crippen LogP contribution >= 0.6 is 22.3 Å². The molecule has 17 heavy (non-hydrogen) atoms. The lowest BCUT2D eigenvalue weighted by Crippen LogP contribution is -2.26. The first-order valence-corrected chi connectivity index (χ1v) is 7.13. The van der Waals surface area contributed by atoms with E-state index in [9.17, 15) is 17.6 Å². The van der Waals surface area contributed by atoms with Crippen LogP contribution in [0.2, 0.25) is 0 Å². The van der Waals surface area contributed by atoms with E-state index in [-0.39, 0.29) is 16.9 Å². The molecule has 0 aliphatic heterocycles. The van der Waals surface area contributed by atoms with Crippen molar-refractivity contribution in [3.63, 3.8) is 0 Å². The van der Waals surface area contributed by atoms with Gasteiger partial charge in [0.05, 0.1) is 4.90 Å². The number of carbonyl (C=O) groups is 1. The molecule has 8 heteroatoms. The molecule has 1 atom stereocenters. The number of rotatable bonds is 4. The van der Waals surface area contributed by atoms with Crippen LogP contribution in [0.3, 0.4) is 0 Å². The summed E-state index contributed by atoms with van der Waals surface area (Å²) < 4.78 is 35.4. The summed E-state index contributed by atoms with van der Waals surface area (Å²) in [5.41, 5.74) is 4.95. The summed E-state index contributed by atoms with van der Waals surface area (Å²) in [5, 5.41) is -1.13. The topological polar surface area (TPSA) is 77.2 Å². The van der Waals surface area contributed by atoms with Crippen LogP contribution in [-0.2, 0) is 20.3 Å². The van der Waals surface area contributed by atoms with Gasteiger partial charge in [-0.05, 0) is 30.2 Å². The lowest BCUT2D eigenvalue weighted by molar-refractivity contribution is -0.117. The third-order valence-electron chi connectivity index (χ3n) is 1.99. The molecule has 0 bridgehead atoms. The van der Waals surface area contributed by atoms with Gasteiger partial charge in [-0.2, -0.15) is 0 Å². The van der Waals surface area contributed by atoms with Crippen LogP contribution in [0.15, 0.2) is 23.1 Å². The van der Waals surface area contributed by atoms with E-state index >= 15 is 0 Å². The van der Waals surface area contributed by atoms with E-state index < -0.39 is 26.2 Å². The van der Waals surface area contributed by atoms with Crippen molar-refractivity contribution in [3.8, 4) is 0 Å². The molecule has 94 valence electrons. The standard InChI is InChI=1S/C9H8Cl2FNO3S/c10-7(9(13)14)4-5-3-6(12)1-2-8(5)17(11,15)16/h1-3,7H,4H2,(H2,13,14). The van der Waals surface area contributed by atoms with Gasteiger partial charge in [0.2, 0.25) is 5.91 Å². The molecular formula is C9H8Cl2FNO3S. The van der Waals surface area contributed by atoms with Crippen LogP contribution in [0, 0.1) is 5.82 Å². The summed E-state index contributed by atoms with van der Waals surface area (Å²) in [6.07, 6.45) is -0.212. The van der Waals surface area contributed by atoms with Crippen molar-refractivity contribution in [1.82, 2.24) is 0 Å². The Balaban J connectivity index is 3.22. The number of hydrogen-bond donors (Lipinski definition) is 1. The van der Waals surface area contributed by atoms with Crippen LogP contribution in [0.25, 0.3) is 0 Å². The fourth-order valence-corrected chi connectivity index (χ4v) is 2.54. The minimum atomic E-state index is -4.03. The van der Waals surface area contributed by atoms with Gasteiger partial charge in [0, 0.05) is 10.7 Å². The molecule has 0 fully saturated rings. The van der Waals surface area contributed by atoms with Crippen LogP contribution in [0.4, 0.5) is 4.39 Å². The zero-order valence-corrected chi connectivity index (χ0v) is 10.7. The van der Waals surface area contributed by atoms with Crippen molar-refractivity contribution in [2.45, 2.75) is 16.7 Å². The molecule has 0 aliphatic carbocycles. The molecule has 0 aromatic heterocycles. The highest BCUT2D eigenvalue weighted by atomic mass is 35.7. The van der Waals surface area contributed by atoms with Gasteiger partial charge in [0.1, 0.15) is 11.2 Å². The number of primary amides is 1. The van der Waals surface area contributed by atoms with Crippen LogP contribution < -0.4 is 5.73 Å². The maximum atomic E-state index is 13.0. The molecule has 1 aromatic rings. The molecule has 0 heterocycles. The second-order valence-electron chi connectivity index (χ2n) is 3.26. The Bertz CT molecular complexity index is 547. The summed E-state index contributed by atoms with van der Waals surface area (Å²) in [6, 6.07) is 2.91. The van der Waals surface area contributed by atoms with Crippen molar-refractivity contribution in [3.05, 3.63) is 29.6 Å². The van der Waals surface area contributed by atoms with Gasteiger partial charge < -0.3 is 5.73 Å². The number of benzene rings is 1. The van der Waals surface area contributed by atoms with Gasteiger partial charge in [-0.3, -0.25) is 4.79 Å². The SMILES string of the molecule is NC(=O)C(Cl)Cc1cc(F)ccc1S(=O)(=O)Cl. The fraction of sp³-hybridized carbons (Fsp3) is 0.222. The van der Waals surface area contributed by atoms with Crippen molar-refractivity contribution in [2.75, 3.05) is 0 Å². The highest BCUT2D eigenvalue weighted by Gasteiger charge is 2.20. The molecule has 4 nitrogen and oxygen atoms in total. The van der Waals surface area contributed by atoms with Gasteiger partial charge >= 0.3 is 0 Å². The average molecular weight is 300 g/mol. The molecular weight excluding hydrogens is 292 g/mol. The number of alkyl halides is 1. The maximum Gasteiger partial charge on any atom is 0.261 e. The number of carbonyl (C=O) groups excluding carboxylic acids is 1. The normalized spacial score (nSPS) is 13.4. The smallest absolute Gasteiger partial charge is 0.261 e. The summed E-state index contributed by atoms with van der Waals surface area (Å²) in [7, 11) is 1.14. The Morgan fingerprint density at radius 1 is 1.47 bits per heavy atom. The van der Waals surface area contributed by atoms with E-state index in [0.717, 1.165) is 18.2 Å². The first-order valence-electron chi connectivity index (χ1n) is 4.38. The average Bonchev–Trinajstić information content (AvgIpc) is 2.15. The molecule has 0 aliphatic rings.